The van der Waals surface area contributed by atoms with Crippen molar-refractivity contribution in [3.05, 3.63) is 78.0 Å². The van der Waals surface area contributed by atoms with Crippen LogP contribution >= 0.6 is 11.6 Å². The molecule has 2 heterocycles. The second-order valence-corrected chi connectivity index (χ2v) is 5.97. The number of halogens is 2. The molecule has 4 rings (SSSR count). The van der Waals surface area contributed by atoms with E-state index in [1.165, 1.54) is 23.1 Å². The lowest BCUT2D eigenvalue weighted by atomic mass is 10.2. The first-order chi connectivity index (χ1) is 13.1. The van der Waals surface area contributed by atoms with Crippen LogP contribution in [0, 0.1) is 5.82 Å². The highest BCUT2D eigenvalue weighted by atomic mass is 35.5. The quantitative estimate of drug-likeness (QED) is 0.527. The van der Waals surface area contributed by atoms with Crippen molar-refractivity contribution < 1.29 is 9.13 Å². The van der Waals surface area contributed by atoms with Crippen LogP contribution in [0.5, 0.6) is 11.8 Å². The zero-order valence-corrected chi connectivity index (χ0v) is 14.6. The SMILES string of the molecule is Nc1c(Cl)ncnc1Oc1cc(-c2ccccc2)nn1-c1cccc(F)c1. The maximum atomic E-state index is 13.7. The molecule has 2 aromatic heterocycles. The summed E-state index contributed by atoms with van der Waals surface area (Å²) in [6.45, 7) is 0. The minimum Gasteiger partial charge on any atom is -0.418 e. The maximum Gasteiger partial charge on any atom is 0.249 e. The lowest BCUT2D eigenvalue weighted by molar-refractivity contribution is 0.429. The molecule has 27 heavy (non-hydrogen) atoms. The fraction of sp³-hybridized carbons (Fsp3) is 0. The molecule has 0 aliphatic heterocycles. The molecule has 0 aliphatic carbocycles. The molecular weight excluding hydrogens is 369 g/mol. The molecule has 0 saturated heterocycles. The summed E-state index contributed by atoms with van der Waals surface area (Å²) in [6, 6.07) is 17.3. The van der Waals surface area contributed by atoms with Gasteiger partial charge in [0.2, 0.25) is 11.8 Å². The van der Waals surface area contributed by atoms with Gasteiger partial charge in [0.15, 0.2) is 5.15 Å². The predicted octanol–water partition coefficient (Wildman–Crippen LogP) is 4.50. The number of hydrogen-bond donors (Lipinski definition) is 1. The third kappa shape index (κ3) is 3.45. The molecule has 0 amide bonds. The van der Waals surface area contributed by atoms with Gasteiger partial charge in [-0.15, -0.1) is 0 Å². The normalized spacial score (nSPS) is 10.7. The van der Waals surface area contributed by atoms with Gasteiger partial charge >= 0.3 is 0 Å². The van der Waals surface area contributed by atoms with Gasteiger partial charge in [-0.3, -0.25) is 0 Å². The average Bonchev–Trinajstić information content (AvgIpc) is 3.10. The summed E-state index contributed by atoms with van der Waals surface area (Å²) in [5.74, 6) is 0.00731. The van der Waals surface area contributed by atoms with Crippen LogP contribution in [0.1, 0.15) is 0 Å². The Morgan fingerprint density at radius 2 is 1.81 bits per heavy atom. The minimum atomic E-state index is -0.389. The van der Waals surface area contributed by atoms with Gasteiger partial charge < -0.3 is 10.5 Å². The summed E-state index contributed by atoms with van der Waals surface area (Å²) < 4.78 is 21.0. The monoisotopic (exact) mass is 381 g/mol. The molecule has 6 nitrogen and oxygen atoms in total. The summed E-state index contributed by atoms with van der Waals surface area (Å²) in [5, 5.41) is 4.63. The van der Waals surface area contributed by atoms with Gasteiger partial charge in [0.1, 0.15) is 17.8 Å². The highest BCUT2D eigenvalue weighted by Crippen LogP contribution is 2.33. The molecule has 0 saturated carbocycles. The van der Waals surface area contributed by atoms with Crippen molar-refractivity contribution in [1.29, 1.82) is 0 Å². The molecule has 0 spiro atoms. The fourth-order valence-corrected chi connectivity index (χ4v) is 2.64. The summed E-state index contributed by atoms with van der Waals surface area (Å²) in [6.07, 6.45) is 1.25. The molecule has 0 aliphatic rings. The number of anilines is 1. The van der Waals surface area contributed by atoms with Crippen LogP contribution in [0.3, 0.4) is 0 Å². The number of nitrogens with two attached hydrogens (primary N) is 1. The van der Waals surface area contributed by atoms with Crippen LogP contribution in [-0.4, -0.2) is 19.7 Å². The summed E-state index contributed by atoms with van der Waals surface area (Å²) in [5.41, 5.74) is 8.01. The van der Waals surface area contributed by atoms with E-state index in [1.807, 2.05) is 30.3 Å². The smallest absolute Gasteiger partial charge is 0.249 e. The van der Waals surface area contributed by atoms with Gasteiger partial charge in [-0.25, -0.2) is 9.37 Å². The summed E-state index contributed by atoms with van der Waals surface area (Å²) in [4.78, 5) is 7.81. The van der Waals surface area contributed by atoms with E-state index in [2.05, 4.69) is 15.1 Å². The molecule has 0 atom stereocenters. The highest BCUT2D eigenvalue weighted by Gasteiger charge is 2.16. The van der Waals surface area contributed by atoms with Gasteiger partial charge in [-0.05, 0) is 18.2 Å². The molecule has 0 unspecified atom stereocenters. The lowest BCUT2D eigenvalue weighted by Crippen LogP contribution is -2.03. The number of rotatable bonds is 4. The topological polar surface area (TPSA) is 78.8 Å². The summed E-state index contributed by atoms with van der Waals surface area (Å²) >= 11 is 5.93. The Morgan fingerprint density at radius 1 is 1.00 bits per heavy atom. The van der Waals surface area contributed by atoms with Crippen molar-refractivity contribution in [2.24, 2.45) is 0 Å². The zero-order chi connectivity index (χ0) is 18.8. The average molecular weight is 382 g/mol. The van der Waals surface area contributed by atoms with Crippen molar-refractivity contribution in [2.75, 3.05) is 5.73 Å². The van der Waals surface area contributed by atoms with Crippen molar-refractivity contribution >= 4 is 17.3 Å². The van der Waals surface area contributed by atoms with Gasteiger partial charge in [0.25, 0.3) is 0 Å². The highest BCUT2D eigenvalue weighted by molar-refractivity contribution is 6.32. The first kappa shape index (κ1) is 17.0. The molecule has 2 N–H and O–H groups in total. The van der Waals surface area contributed by atoms with Crippen LogP contribution in [0.25, 0.3) is 16.9 Å². The summed E-state index contributed by atoms with van der Waals surface area (Å²) in [7, 11) is 0. The maximum absolute atomic E-state index is 13.7. The van der Waals surface area contributed by atoms with Crippen LogP contribution in [0.2, 0.25) is 5.15 Å². The van der Waals surface area contributed by atoms with E-state index in [4.69, 9.17) is 22.1 Å². The third-order valence-corrected chi connectivity index (χ3v) is 4.10. The second-order valence-electron chi connectivity index (χ2n) is 5.61. The molecule has 0 radical (unpaired) electrons. The number of benzene rings is 2. The minimum absolute atomic E-state index is 0.0834. The van der Waals surface area contributed by atoms with E-state index in [-0.39, 0.29) is 22.5 Å². The van der Waals surface area contributed by atoms with Crippen molar-refractivity contribution in [3.8, 4) is 28.7 Å². The number of ether oxygens (including phenoxy) is 1. The van der Waals surface area contributed by atoms with Crippen LogP contribution in [-0.2, 0) is 0 Å². The van der Waals surface area contributed by atoms with Crippen LogP contribution in [0.4, 0.5) is 10.1 Å². The second kappa shape index (κ2) is 7.05. The lowest BCUT2D eigenvalue weighted by Gasteiger charge is -2.09. The Kier molecular flexibility index (Phi) is 4.43. The van der Waals surface area contributed by atoms with Gasteiger partial charge in [0, 0.05) is 11.6 Å². The number of aromatic nitrogens is 4. The Morgan fingerprint density at radius 3 is 2.59 bits per heavy atom. The van der Waals surface area contributed by atoms with E-state index in [0.717, 1.165) is 5.56 Å². The van der Waals surface area contributed by atoms with Gasteiger partial charge in [0.05, 0.1) is 11.4 Å². The molecule has 8 heteroatoms. The van der Waals surface area contributed by atoms with E-state index in [1.54, 1.807) is 18.2 Å². The Balaban J connectivity index is 1.83. The van der Waals surface area contributed by atoms with Gasteiger partial charge in [-0.2, -0.15) is 14.8 Å². The van der Waals surface area contributed by atoms with E-state index in [9.17, 15) is 4.39 Å². The van der Waals surface area contributed by atoms with E-state index in [0.29, 0.717) is 17.3 Å². The third-order valence-electron chi connectivity index (χ3n) is 3.80. The van der Waals surface area contributed by atoms with Crippen molar-refractivity contribution in [3.63, 3.8) is 0 Å². The molecule has 0 bridgehead atoms. The molecule has 0 fully saturated rings. The fourth-order valence-electron chi connectivity index (χ4n) is 2.52. The predicted molar refractivity (Wildman–Crippen MR) is 100 cm³/mol. The Labute approximate surface area is 159 Å². The standard InChI is InChI=1S/C19H13ClFN5O/c20-18-17(22)19(24-11-23-18)27-16-10-15(12-5-2-1-3-6-12)25-26(16)14-8-4-7-13(21)9-14/h1-11H,22H2. The molecule has 4 aromatic rings. The first-order valence-corrected chi connectivity index (χ1v) is 8.35. The van der Waals surface area contributed by atoms with Crippen molar-refractivity contribution in [1.82, 2.24) is 19.7 Å². The number of hydrogen-bond acceptors (Lipinski definition) is 5. The van der Waals surface area contributed by atoms with E-state index >= 15 is 0 Å². The molecule has 134 valence electrons. The van der Waals surface area contributed by atoms with E-state index < -0.39 is 0 Å². The van der Waals surface area contributed by atoms with Crippen LogP contribution < -0.4 is 10.5 Å². The van der Waals surface area contributed by atoms with Gasteiger partial charge in [-0.1, -0.05) is 48.0 Å². The Bertz CT molecular complexity index is 1100. The zero-order valence-electron chi connectivity index (χ0n) is 13.9. The largest absolute Gasteiger partial charge is 0.418 e. The number of nitrogen functional groups attached to an aromatic ring is 1. The first-order valence-electron chi connectivity index (χ1n) is 7.97. The Hall–Kier alpha value is -3.45. The van der Waals surface area contributed by atoms with Crippen molar-refractivity contribution in [2.45, 2.75) is 0 Å². The number of nitrogens with zero attached hydrogens (tertiary/aromatic N) is 4. The molecule has 2 aromatic carbocycles. The molecular formula is C19H13ClFN5O. The van der Waals surface area contributed by atoms with Crippen LogP contribution in [0.15, 0.2) is 67.0 Å².